The molecule has 0 aromatic carbocycles. The third-order valence-corrected chi connectivity index (χ3v) is 0. The molecule has 4 heteroatoms. The summed E-state index contributed by atoms with van der Waals surface area (Å²) in [6, 6.07) is 0. The van der Waals surface area contributed by atoms with E-state index in [1.807, 2.05) is 0 Å². The summed E-state index contributed by atoms with van der Waals surface area (Å²) in [5, 5.41) is 0. The first-order chi connectivity index (χ1) is 1.73. The molecule has 0 spiro atoms. The van der Waals surface area contributed by atoms with Crippen LogP contribution in [-0.2, 0) is 21.1 Å². The van der Waals surface area contributed by atoms with Crippen LogP contribution in [0.25, 0.3) is 0 Å². The summed E-state index contributed by atoms with van der Waals surface area (Å²) >= 11 is 0. The van der Waals surface area contributed by atoms with Crippen molar-refractivity contribution in [3.05, 3.63) is 6.68 Å². The van der Waals surface area contributed by atoms with E-state index in [2.05, 4.69) is 0 Å². The Morgan fingerprint density at radius 1 is 1.00 bits per heavy atom. The number of hydrogen-bond donors (Lipinski definition) is 0. The van der Waals surface area contributed by atoms with Crippen LogP contribution in [0, 0.1) is 6.68 Å². The fourth-order valence-electron chi connectivity index (χ4n) is 0. The summed E-state index contributed by atoms with van der Waals surface area (Å²) in [5.74, 6) is 0. The Kier molecular flexibility index (Phi) is 8.13. The van der Waals surface area contributed by atoms with Crippen LogP contribution in [0.15, 0.2) is 0 Å². The normalized spacial score (nSPS) is 7.20. The molecule has 0 fully saturated rings. The van der Waals surface area contributed by atoms with Crippen LogP contribution in [0.3, 0.4) is 0 Å². The van der Waals surface area contributed by atoms with Crippen LogP contribution in [0.2, 0.25) is 0 Å². The van der Waals surface area contributed by atoms with Gasteiger partial charge in [0.15, 0.2) is 6.68 Å². The molecule has 0 saturated heterocycles. The molecule has 0 aliphatic heterocycles. The van der Waals surface area contributed by atoms with E-state index in [1.54, 1.807) is 0 Å². The van der Waals surface area contributed by atoms with Gasteiger partial charge in [0.25, 0.3) is 0 Å². The van der Waals surface area contributed by atoms with Gasteiger partial charge in [0.05, 0.1) is 0 Å². The third kappa shape index (κ3) is 120. The molecule has 0 aromatic rings. The van der Waals surface area contributed by atoms with Crippen molar-refractivity contribution < 1.29 is 34.2 Å². The molecule has 0 N–H and O–H groups in total. The van der Waals surface area contributed by atoms with Gasteiger partial charge in [-0.3, -0.25) is 0 Å². The molecule has 0 saturated carbocycles. The standard InChI is InChI=1S/CF3.Pt.H/c2-1(3)4;;/q-1;+1;. The van der Waals surface area contributed by atoms with Crippen molar-refractivity contribution in [3.63, 3.8) is 0 Å². The van der Waals surface area contributed by atoms with Gasteiger partial charge in [0.2, 0.25) is 0 Å². The molecule has 0 aliphatic carbocycles. The third-order valence-electron chi connectivity index (χ3n) is 0. The molecule has 36 valence electrons. The van der Waals surface area contributed by atoms with Gasteiger partial charge < -0.3 is 13.2 Å². The molecular formula is CHF3Pt. The van der Waals surface area contributed by atoms with Crippen LogP contribution < -0.4 is 0 Å². The fourth-order valence-corrected chi connectivity index (χ4v) is 0. The Morgan fingerprint density at radius 3 is 1.00 bits per heavy atom. The number of hydrogen-bond acceptors (Lipinski definition) is 0. The zero-order valence-corrected chi connectivity index (χ0v) is 4.36. The number of halogens is 3. The monoisotopic (exact) mass is 265 g/mol. The van der Waals surface area contributed by atoms with E-state index >= 15 is 0 Å². The van der Waals surface area contributed by atoms with Gasteiger partial charge in [-0.2, -0.15) is 0 Å². The summed E-state index contributed by atoms with van der Waals surface area (Å²) in [6.07, 6.45) is 0. The van der Waals surface area contributed by atoms with Crippen molar-refractivity contribution >= 4 is 0 Å². The van der Waals surface area contributed by atoms with E-state index in [4.69, 9.17) is 0 Å². The van der Waals surface area contributed by atoms with Crippen molar-refractivity contribution in [1.82, 2.24) is 0 Å². The molecule has 5 heavy (non-hydrogen) atoms. The van der Waals surface area contributed by atoms with Gasteiger partial charge in [0.1, 0.15) is 0 Å². The van der Waals surface area contributed by atoms with Crippen LogP contribution >= 0.6 is 0 Å². The zero-order valence-electron chi connectivity index (χ0n) is 1.97. The average Bonchev–Trinajstić information content (AvgIpc) is 0.811. The molecule has 0 bridgehead atoms. The van der Waals surface area contributed by atoms with Crippen LogP contribution in [-0.4, -0.2) is 0 Å². The van der Waals surface area contributed by atoms with Gasteiger partial charge >= 0.3 is 21.1 Å². The van der Waals surface area contributed by atoms with E-state index in [-0.39, 0.29) is 21.1 Å². The Hall–Kier alpha value is 0.478. The molecule has 0 heterocycles. The van der Waals surface area contributed by atoms with Gasteiger partial charge in [-0.05, 0) is 0 Å². The molecule has 0 amide bonds. The first-order valence-corrected chi connectivity index (χ1v) is 0.567. The predicted molar refractivity (Wildman–Crippen MR) is 7.96 cm³/mol. The van der Waals surface area contributed by atoms with Crippen LogP contribution in [0.1, 0.15) is 0 Å². The molecular weight excluding hydrogens is 264 g/mol. The summed E-state index contributed by atoms with van der Waals surface area (Å²) in [6.45, 7) is -3.08. The van der Waals surface area contributed by atoms with Gasteiger partial charge in [-0.15, -0.1) is 0 Å². The average molecular weight is 265 g/mol. The van der Waals surface area contributed by atoms with Gasteiger partial charge in [-0.25, -0.2) is 0 Å². The molecule has 0 unspecified atom stereocenters. The molecule has 0 atom stereocenters. The van der Waals surface area contributed by atoms with Gasteiger partial charge in [0, 0.05) is 0 Å². The molecule has 0 nitrogen and oxygen atoms in total. The Bertz CT molecular complexity index is 11.6. The predicted octanol–water partition coefficient (Wildman–Crippen LogP) is 1.07. The van der Waals surface area contributed by atoms with E-state index in [9.17, 15) is 13.2 Å². The van der Waals surface area contributed by atoms with Crippen molar-refractivity contribution in [2.75, 3.05) is 0 Å². The minimum atomic E-state index is -3.08. The zero-order chi connectivity index (χ0) is 3.58. The molecule has 0 aromatic heterocycles. The fraction of sp³-hybridized carbons (Fsp3) is 0. The minimum absolute atomic E-state index is 0. The van der Waals surface area contributed by atoms with Crippen molar-refractivity contribution in [1.29, 1.82) is 0 Å². The SMILES string of the molecule is F[C-](F)F.[PtH+]. The second-order valence-electron chi connectivity index (χ2n) is 0.214. The second kappa shape index (κ2) is 4.48. The molecule has 0 rings (SSSR count). The van der Waals surface area contributed by atoms with Gasteiger partial charge in [-0.1, -0.05) is 0 Å². The maximum atomic E-state index is 9.58. The van der Waals surface area contributed by atoms with E-state index in [0.717, 1.165) is 0 Å². The van der Waals surface area contributed by atoms with Crippen LogP contribution in [0.5, 0.6) is 0 Å². The molecule has 1 radical (unpaired) electrons. The summed E-state index contributed by atoms with van der Waals surface area (Å²) in [5.41, 5.74) is 0. The van der Waals surface area contributed by atoms with E-state index < -0.39 is 6.68 Å². The van der Waals surface area contributed by atoms with Crippen molar-refractivity contribution in [2.24, 2.45) is 0 Å². The van der Waals surface area contributed by atoms with E-state index in [0.29, 0.717) is 0 Å². The first-order valence-electron chi connectivity index (χ1n) is 0.567. The maximum absolute atomic E-state index is 9.58. The second-order valence-corrected chi connectivity index (χ2v) is 0.214. The Labute approximate surface area is 41.6 Å². The summed E-state index contributed by atoms with van der Waals surface area (Å²) < 4.78 is 28.8. The van der Waals surface area contributed by atoms with Crippen molar-refractivity contribution in [3.8, 4) is 0 Å². The summed E-state index contributed by atoms with van der Waals surface area (Å²) in [7, 11) is 0. The van der Waals surface area contributed by atoms with Crippen molar-refractivity contribution in [2.45, 2.75) is 0 Å². The Morgan fingerprint density at radius 2 is 1.00 bits per heavy atom. The quantitative estimate of drug-likeness (QED) is 0.575. The molecule has 0 aliphatic rings. The topological polar surface area (TPSA) is 0 Å². The number of rotatable bonds is 0. The summed E-state index contributed by atoms with van der Waals surface area (Å²) in [4.78, 5) is 0. The first kappa shape index (κ1) is 9.08. The van der Waals surface area contributed by atoms with Crippen LogP contribution in [0.4, 0.5) is 13.2 Å². The van der Waals surface area contributed by atoms with E-state index in [1.165, 1.54) is 0 Å². The Balaban J connectivity index is 0.